The van der Waals surface area contributed by atoms with Crippen molar-refractivity contribution < 1.29 is 0 Å². The van der Waals surface area contributed by atoms with Crippen molar-refractivity contribution in [2.75, 3.05) is 0 Å². The van der Waals surface area contributed by atoms with Gasteiger partial charge in [-0.25, -0.2) is 14.5 Å². The lowest BCUT2D eigenvalue weighted by atomic mass is 10.0. The SMILES string of the molecule is CC.CC.CC(C)c1c[nH]c2ncccc12.CC(C)c1ccc2ncnn2c1. The van der Waals surface area contributed by atoms with Gasteiger partial charge < -0.3 is 4.98 Å². The molecule has 0 fully saturated rings. The van der Waals surface area contributed by atoms with Gasteiger partial charge in [0.05, 0.1) is 0 Å². The van der Waals surface area contributed by atoms with E-state index in [1.54, 1.807) is 10.8 Å². The molecular formula is C23H35N5. The zero-order chi connectivity index (χ0) is 21.1. The number of aromatic nitrogens is 5. The molecule has 0 saturated heterocycles. The van der Waals surface area contributed by atoms with Crippen LogP contribution in [0, 0.1) is 0 Å². The van der Waals surface area contributed by atoms with E-state index in [0.717, 1.165) is 11.3 Å². The fraction of sp³-hybridized carbons (Fsp3) is 0.435. The summed E-state index contributed by atoms with van der Waals surface area (Å²) in [7, 11) is 0. The summed E-state index contributed by atoms with van der Waals surface area (Å²) in [4.78, 5) is 11.5. The van der Waals surface area contributed by atoms with Crippen molar-refractivity contribution >= 4 is 16.7 Å². The monoisotopic (exact) mass is 381 g/mol. The number of nitrogens with one attached hydrogen (secondary N) is 1. The smallest absolute Gasteiger partial charge is 0.155 e. The van der Waals surface area contributed by atoms with E-state index >= 15 is 0 Å². The first kappa shape index (κ1) is 23.3. The molecule has 4 aromatic heterocycles. The molecule has 0 spiro atoms. The zero-order valence-electron chi connectivity index (χ0n) is 18.6. The van der Waals surface area contributed by atoms with Crippen molar-refractivity contribution in [1.82, 2.24) is 24.6 Å². The van der Waals surface area contributed by atoms with Gasteiger partial charge in [-0.1, -0.05) is 61.5 Å². The Kier molecular flexibility index (Phi) is 9.93. The first-order valence-corrected chi connectivity index (χ1v) is 10.3. The van der Waals surface area contributed by atoms with Crippen LogP contribution < -0.4 is 0 Å². The predicted molar refractivity (Wildman–Crippen MR) is 120 cm³/mol. The molecule has 0 aliphatic carbocycles. The molecule has 152 valence electrons. The summed E-state index contributed by atoms with van der Waals surface area (Å²) in [6.07, 6.45) is 7.44. The highest BCUT2D eigenvalue weighted by atomic mass is 15.3. The molecule has 4 rings (SSSR count). The van der Waals surface area contributed by atoms with Gasteiger partial charge in [-0.05, 0) is 41.2 Å². The molecule has 0 amide bonds. The minimum absolute atomic E-state index is 0.540. The predicted octanol–water partition coefficient (Wildman–Crippen LogP) is 6.59. The minimum Gasteiger partial charge on any atom is -0.346 e. The maximum Gasteiger partial charge on any atom is 0.155 e. The van der Waals surface area contributed by atoms with Crippen molar-refractivity contribution in [3.63, 3.8) is 0 Å². The zero-order valence-corrected chi connectivity index (χ0v) is 18.6. The highest BCUT2D eigenvalue weighted by Crippen LogP contribution is 2.22. The molecule has 0 unspecified atom stereocenters. The van der Waals surface area contributed by atoms with Crippen molar-refractivity contribution in [2.24, 2.45) is 0 Å². The van der Waals surface area contributed by atoms with Gasteiger partial charge >= 0.3 is 0 Å². The van der Waals surface area contributed by atoms with E-state index in [0.29, 0.717) is 11.8 Å². The number of nitrogens with zero attached hydrogens (tertiary/aromatic N) is 4. The van der Waals surface area contributed by atoms with Crippen LogP contribution in [0.3, 0.4) is 0 Å². The van der Waals surface area contributed by atoms with Crippen LogP contribution in [0.5, 0.6) is 0 Å². The molecule has 4 aromatic rings. The van der Waals surface area contributed by atoms with Gasteiger partial charge in [0.1, 0.15) is 12.0 Å². The van der Waals surface area contributed by atoms with Gasteiger partial charge in [0.15, 0.2) is 5.65 Å². The van der Waals surface area contributed by atoms with Gasteiger partial charge in [0, 0.05) is 24.0 Å². The van der Waals surface area contributed by atoms with E-state index in [-0.39, 0.29) is 0 Å². The fourth-order valence-corrected chi connectivity index (χ4v) is 2.63. The molecule has 5 heteroatoms. The number of H-pyrrole nitrogens is 1. The Hall–Kier alpha value is -2.69. The summed E-state index contributed by atoms with van der Waals surface area (Å²) in [6, 6.07) is 8.16. The molecule has 0 bridgehead atoms. The van der Waals surface area contributed by atoms with Crippen LogP contribution in [-0.2, 0) is 0 Å². The Labute approximate surface area is 169 Å². The second-order valence-corrected chi connectivity index (χ2v) is 6.48. The standard InChI is InChI=1S/C10H12N2.C9H11N3.2C2H6/c1-7(2)9-6-12-10-8(9)4-3-5-11-10;1-7(2)8-3-4-9-10-6-11-12(9)5-8;2*1-2/h3-7H,1-2H3,(H,11,12);3-7H,1-2H3;2*1-2H3. The Bertz CT molecular complexity index is 934. The number of hydrogen-bond acceptors (Lipinski definition) is 3. The number of pyridine rings is 2. The molecule has 4 heterocycles. The second-order valence-electron chi connectivity index (χ2n) is 6.48. The fourth-order valence-electron chi connectivity index (χ4n) is 2.63. The van der Waals surface area contributed by atoms with Crippen molar-refractivity contribution in [1.29, 1.82) is 0 Å². The molecule has 0 saturated carbocycles. The lowest BCUT2D eigenvalue weighted by Crippen LogP contribution is -1.93. The molecule has 0 atom stereocenters. The van der Waals surface area contributed by atoms with E-state index in [1.807, 2.05) is 58.4 Å². The molecule has 0 radical (unpaired) electrons. The van der Waals surface area contributed by atoms with Crippen LogP contribution in [0.4, 0.5) is 0 Å². The van der Waals surface area contributed by atoms with Gasteiger partial charge in [0.2, 0.25) is 0 Å². The number of hydrogen-bond donors (Lipinski definition) is 1. The van der Waals surface area contributed by atoms with E-state index < -0.39 is 0 Å². The third-order valence-corrected chi connectivity index (χ3v) is 4.07. The average Bonchev–Trinajstić information content (AvgIpc) is 3.37. The summed E-state index contributed by atoms with van der Waals surface area (Å²) in [5.74, 6) is 1.10. The Morgan fingerprint density at radius 2 is 1.61 bits per heavy atom. The van der Waals surface area contributed by atoms with Crippen molar-refractivity contribution in [2.45, 2.75) is 67.2 Å². The highest BCUT2D eigenvalue weighted by molar-refractivity contribution is 5.79. The molecular weight excluding hydrogens is 346 g/mol. The third-order valence-electron chi connectivity index (χ3n) is 4.07. The normalized spacial score (nSPS) is 10.1. The number of fused-ring (bicyclic) bond motifs is 2. The van der Waals surface area contributed by atoms with Crippen LogP contribution in [0.1, 0.15) is 78.4 Å². The minimum atomic E-state index is 0.540. The average molecular weight is 382 g/mol. The number of aromatic amines is 1. The summed E-state index contributed by atoms with van der Waals surface area (Å²) in [5.41, 5.74) is 4.52. The third kappa shape index (κ3) is 5.91. The maximum absolute atomic E-state index is 4.23. The van der Waals surface area contributed by atoms with E-state index in [9.17, 15) is 0 Å². The van der Waals surface area contributed by atoms with E-state index in [2.05, 4.69) is 59.9 Å². The Morgan fingerprint density at radius 3 is 2.25 bits per heavy atom. The van der Waals surface area contributed by atoms with Gasteiger partial charge in [-0.2, -0.15) is 5.10 Å². The second kappa shape index (κ2) is 11.9. The van der Waals surface area contributed by atoms with Gasteiger partial charge in [-0.3, -0.25) is 0 Å². The molecule has 0 aliphatic heterocycles. The Morgan fingerprint density at radius 1 is 0.893 bits per heavy atom. The molecule has 0 aromatic carbocycles. The van der Waals surface area contributed by atoms with Crippen LogP contribution in [-0.4, -0.2) is 24.6 Å². The van der Waals surface area contributed by atoms with Crippen LogP contribution >= 0.6 is 0 Å². The van der Waals surface area contributed by atoms with Crippen LogP contribution in [0.2, 0.25) is 0 Å². The molecule has 5 nitrogen and oxygen atoms in total. The van der Waals surface area contributed by atoms with Crippen LogP contribution in [0.25, 0.3) is 16.7 Å². The van der Waals surface area contributed by atoms with Gasteiger partial charge in [-0.15, -0.1) is 0 Å². The molecule has 0 aliphatic rings. The first-order valence-electron chi connectivity index (χ1n) is 10.3. The summed E-state index contributed by atoms with van der Waals surface area (Å²) in [5, 5.41) is 5.31. The van der Waals surface area contributed by atoms with Crippen LogP contribution in [0.15, 0.2) is 49.2 Å². The lowest BCUT2D eigenvalue weighted by molar-refractivity contribution is 0.835. The first-order chi connectivity index (χ1) is 13.6. The summed E-state index contributed by atoms with van der Waals surface area (Å²) >= 11 is 0. The lowest BCUT2D eigenvalue weighted by Gasteiger charge is -2.03. The van der Waals surface area contributed by atoms with Crippen molar-refractivity contribution in [3.8, 4) is 0 Å². The summed E-state index contributed by atoms with van der Waals surface area (Å²) < 4.78 is 1.80. The number of rotatable bonds is 2. The van der Waals surface area contributed by atoms with Gasteiger partial charge in [0.25, 0.3) is 0 Å². The maximum atomic E-state index is 4.23. The Balaban J connectivity index is 0.000000238. The highest BCUT2D eigenvalue weighted by Gasteiger charge is 2.06. The molecule has 28 heavy (non-hydrogen) atoms. The summed E-state index contributed by atoms with van der Waals surface area (Å²) in [6.45, 7) is 16.7. The molecule has 1 N–H and O–H groups in total. The van der Waals surface area contributed by atoms with E-state index in [1.165, 1.54) is 16.5 Å². The van der Waals surface area contributed by atoms with Crippen molar-refractivity contribution in [3.05, 3.63) is 60.3 Å². The van der Waals surface area contributed by atoms with E-state index in [4.69, 9.17) is 0 Å². The topological polar surface area (TPSA) is 58.9 Å². The largest absolute Gasteiger partial charge is 0.346 e. The quantitative estimate of drug-likeness (QED) is 0.426.